The molecule has 0 aromatic heterocycles. The maximum Gasteiger partial charge on any atom is 0.243 e. The summed E-state index contributed by atoms with van der Waals surface area (Å²) < 4.78 is 27.3. The highest BCUT2D eigenvalue weighted by atomic mass is 32.2. The number of sulfonamides is 1. The van der Waals surface area contributed by atoms with E-state index in [0.29, 0.717) is 37.6 Å². The molecule has 3 rings (SSSR count). The third-order valence-corrected chi connectivity index (χ3v) is 7.42. The molecule has 0 bridgehead atoms. The molecule has 0 radical (unpaired) electrons. The maximum atomic E-state index is 12.9. The molecular weight excluding hydrogens is 362 g/mol. The molecule has 150 valence electrons. The Bertz CT molecular complexity index is 755. The number of likely N-dealkylation sites (tertiary alicyclic amines) is 1. The number of nitrogens with zero attached hydrogens (tertiary/aromatic N) is 3. The summed E-state index contributed by atoms with van der Waals surface area (Å²) in [5.74, 6) is 0.114. The second-order valence-electron chi connectivity index (χ2n) is 8.54. The summed E-state index contributed by atoms with van der Waals surface area (Å²) in [7, 11) is -3.51. The highest BCUT2D eigenvalue weighted by molar-refractivity contribution is 7.89. The van der Waals surface area contributed by atoms with Gasteiger partial charge in [0, 0.05) is 26.2 Å². The van der Waals surface area contributed by atoms with Crippen molar-refractivity contribution in [1.82, 2.24) is 14.1 Å². The van der Waals surface area contributed by atoms with Crippen LogP contribution in [-0.4, -0.2) is 74.2 Å². The molecule has 2 aliphatic rings. The number of amides is 1. The van der Waals surface area contributed by atoms with Crippen molar-refractivity contribution in [2.75, 3.05) is 45.8 Å². The molecule has 1 amide bonds. The summed E-state index contributed by atoms with van der Waals surface area (Å²) in [5.41, 5.74) is 1.10. The molecule has 2 fully saturated rings. The van der Waals surface area contributed by atoms with Crippen LogP contribution >= 0.6 is 0 Å². The van der Waals surface area contributed by atoms with Gasteiger partial charge < -0.3 is 4.90 Å². The lowest BCUT2D eigenvalue weighted by Crippen LogP contribution is -2.52. The number of benzene rings is 1. The van der Waals surface area contributed by atoms with Crippen molar-refractivity contribution < 1.29 is 13.2 Å². The van der Waals surface area contributed by atoms with Gasteiger partial charge in [-0.1, -0.05) is 32.9 Å². The lowest BCUT2D eigenvalue weighted by molar-refractivity contribution is -0.133. The van der Waals surface area contributed by atoms with Crippen LogP contribution in [0.1, 0.15) is 39.2 Å². The Labute approximate surface area is 163 Å². The molecule has 2 aliphatic heterocycles. The van der Waals surface area contributed by atoms with E-state index in [1.165, 1.54) is 4.31 Å². The van der Waals surface area contributed by atoms with Crippen molar-refractivity contribution in [1.29, 1.82) is 0 Å². The number of carbonyl (C=O) groups is 1. The quantitative estimate of drug-likeness (QED) is 0.784. The summed E-state index contributed by atoms with van der Waals surface area (Å²) in [4.78, 5) is 16.7. The molecule has 0 saturated carbocycles. The first kappa shape index (κ1) is 20.3. The minimum atomic E-state index is -3.51. The average molecular weight is 394 g/mol. The first-order valence-corrected chi connectivity index (χ1v) is 11.2. The number of piperazine rings is 1. The molecule has 0 atom stereocenters. The van der Waals surface area contributed by atoms with Crippen molar-refractivity contribution in [3.8, 4) is 0 Å². The molecule has 0 N–H and O–H groups in total. The molecule has 1 aromatic rings. The number of hydrogen-bond donors (Lipinski definition) is 0. The molecule has 0 spiro atoms. The summed E-state index contributed by atoms with van der Waals surface area (Å²) in [6.07, 6.45) is 2.32. The molecule has 2 saturated heterocycles. The lowest BCUT2D eigenvalue weighted by atomic mass is 9.87. The van der Waals surface area contributed by atoms with Crippen molar-refractivity contribution >= 4 is 15.9 Å². The van der Waals surface area contributed by atoms with Gasteiger partial charge in [-0.2, -0.15) is 4.31 Å². The Balaban J connectivity index is 1.60. The summed E-state index contributed by atoms with van der Waals surface area (Å²) in [6.45, 7) is 10.4. The van der Waals surface area contributed by atoms with E-state index in [0.717, 1.165) is 31.5 Å². The highest BCUT2D eigenvalue weighted by Crippen LogP contribution is 2.25. The van der Waals surface area contributed by atoms with Crippen molar-refractivity contribution in [2.45, 2.75) is 43.9 Å². The maximum absolute atomic E-state index is 12.9. The SMILES string of the molecule is CC(C)(C)c1ccc(S(=O)(=O)N2CCN(C(=O)CN3CCCC3)CC2)cc1. The van der Waals surface area contributed by atoms with Crippen LogP contribution < -0.4 is 0 Å². The fourth-order valence-corrected chi connectivity index (χ4v) is 5.11. The predicted octanol–water partition coefficient (Wildman–Crippen LogP) is 1.91. The second-order valence-corrected chi connectivity index (χ2v) is 10.5. The van der Waals surface area contributed by atoms with E-state index >= 15 is 0 Å². The number of carbonyl (C=O) groups excluding carboxylic acids is 1. The Hall–Kier alpha value is -1.44. The average Bonchev–Trinajstić information content (AvgIpc) is 3.14. The third-order valence-electron chi connectivity index (χ3n) is 5.51. The number of hydrogen-bond acceptors (Lipinski definition) is 4. The first-order chi connectivity index (χ1) is 12.7. The standard InChI is InChI=1S/C20H31N3O3S/c1-20(2,3)17-6-8-18(9-7-17)27(25,26)23-14-12-22(13-15-23)19(24)16-21-10-4-5-11-21/h6-9H,4-5,10-16H2,1-3H3. The molecule has 7 heteroatoms. The minimum Gasteiger partial charge on any atom is -0.339 e. The Morgan fingerprint density at radius 1 is 0.926 bits per heavy atom. The highest BCUT2D eigenvalue weighted by Gasteiger charge is 2.31. The van der Waals surface area contributed by atoms with Gasteiger partial charge in [0.25, 0.3) is 0 Å². The molecular formula is C20H31N3O3S. The van der Waals surface area contributed by atoms with Crippen molar-refractivity contribution in [3.63, 3.8) is 0 Å². The van der Waals surface area contributed by atoms with E-state index in [9.17, 15) is 13.2 Å². The van der Waals surface area contributed by atoms with E-state index in [2.05, 4.69) is 25.7 Å². The smallest absolute Gasteiger partial charge is 0.243 e. The zero-order valence-electron chi connectivity index (χ0n) is 16.6. The van der Waals surface area contributed by atoms with Crippen molar-refractivity contribution in [2.24, 2.45) is 0 Å². The van der Waals surface area contributed by atoms with Gasteiger partial charge in [-0.25, -0.2) is 8.42 Å². The van der Waals surface area contributed by atoms with Gasteiger partial charge >= 0.3 is 0 Å². The van der Waals surface area contributed by atoms with Gasteiger partial charge in [0.2, 0.25) is 15.9 Å². The predicted molar refractivity (Wildman–Crippen MR) is 106 cm³/mol. The van der Waals surface area contributed by atoms with Crippen LogP contribution in [0.2, 0.25) is 0 Å². The molecule has 2 heterocycles. The summed E-state index contributed by atoms with van der Waals surface area (Å²) >= 11 is 0. The topological polar surface area (TPSA) is 60.9 Å². The molecule has 6 nitrogen and oxygen atoms in total. The van der Waals surface area contributed by atoms with Gasteiger partial charge in [0.05, 0.1) is 11.4 Å². The van der Waals surface area contributed by atoms with E-state index in [1.807, 2.05) is 12.1 Å². The minimum absolute atomic E-state index is 0.0103. The van der Waals surface area contributed by atoms with Crippen LogP contribution in [0.25, 0.3) is 0 Å². The zero-order valence-corrected chi connectivity index (χ0v) is 17.5. The molecule has 0 unspecified atom stereocenters. The van der Waals surface area contributed by atoms with Crippen LogP contribution in [-0.2, 0) is 20.2 Å². The van der Waals surface area contributed by atoms with E-state index in [1.54, 1.807) is 17.0 Å². The monoisotopic (exact) mass is 393 g/mol. The largest absolute Gasteiger partial charge is 0.339 e. The fourth-order valence-electron chi connectivity index (χ4n) is 3.69. The lowest BCUT2D eigenvalue weighted by Gasteiger charge is -2.34. The van der Waals surface area contributed by atoms with Crippen LogP contribution in [0.3, 0.4) is 0 Å². The normalized spacial score (nSPS) is 20.2. The van der Waals surface area contributed by atoms with E-state index in [-0.39, 0.29) is 11.3 Å². The first-order valence-electron chi connectivity index (χ1n) is 9.79. The molecule has 1 aromatic carbocycles. The zero-order chi connectivity index (χ0) is 19.7. The Morgan fingerprint density at radius 3 is 2.00 bits per heavy atom. The Morgan fingerprint density at radius 2 is 1.48 bits per heavy atom. The van der Waals surface area contributed by atoms with Gasteiger partial charge in [-0.05, 0) is 49.0 Å². The van der Waals surface area contributed by atoms with Crippen LogP contribution in [0, 0.1) is 0 Å². The molecule has 27 heavy (non-hydrogen) atoms. The Kier molecular flexibility index (Phi) is 5.93. The number of rotatable bonds is 4. The third kappa shape index (κ3) is 4.70. The van der Waals surface area contributed by atoms with Gasteiger partial charge in [-0.15, -0.1) is 0 Å². The summed E-state index contributed by atoms with van der Waals surface area (Å²) in [5, 5.41) is 0. The van der Waals surface area contributed by atoms with Crippen molar-refractivity contribution in [3.05, 3.63) is 29.8 Å². The van der Waals surface area contributed by atoms with Gasteiger partial charge in [-0.3, -0.25) is 9.69 Å². The second kappa shape index (κ2) is 7.89. The van der Waals surface area contributed by atoms with Crippen LogP contribution in [0.5, 0.6) is 0 Å². The van der Waals surface area contributed by atoms with E-state index < -0.39 is 10.0 Å². The van der Waals surface area contributed by atoms with E-state index in [4.69, 9.17) is 0 Å². The van der Waals surface area contributed by atoms with Gasteiger partial charge in [0.1, 0.15) is 0 Å². The van der Waals surface area contributed by atoms with Gasteiger partial charge in [0.15, 0.2) is 0 Å². The fraction of sp³-hybridized carbons (Fsp3) is 0.650. The van der Waals surface area contributed by atoms with Crippen LogP contribution in [0.15, 0.2) is 29.2 Å². The summed E-state index contributed by atoms with van der Waals surface area (Å²) in [6, 6.07) is 7.17. The molecule has 0 aliphatic carbocycles. The van der Waals surface area contributed by atoms with Crippen LogP contribution in [0.4, 0.5) is 0 Å².